The van der Waals surface area contributed by atoms with Crippen LogP contribution in [-0.4, -0.2) is 46.5 Å². The zero-order valence-electron chi connectivity index (χ0n) is 11.9. The number of ketones is 1. The van der Waals surface area contributed by atoms with Crippen molar-refractivity contribution < 1.29 is 19.2 Å². The number of Topliss-reactive ketones (excluding diaryl/α,β-unsaturated/α-hetero) is 1. The van der Waals surface area contributed by atoms with Crippen LogP contribution in [0.3, 0.4) is 0 Å². The van der Waals surface area contributed by atoms with Crippen molar-refractivity contribution >= 4 is 23.6 Å². The first-order valence-corrected chi connectivity index (χ1v) is 6.42. The van der Waals surface area contributed by atoms with E-state index in [0.717, 1.165) is 11.3 Å². The molecule has 8 heteroatoms. The SMILES string of the molecule is CCCCN1C(=O)C(=O)N(CC(=O)/C(C#N)=C(/C)N)C1=O. The van der Waals surface area contributed by atoms with E-state index in [1.807, 2.05) is 6.92 Å². The summed E-state index contributed by atoms with van der Waals surface area (Å²) in [5.41, 5.74) is 5.05. The van der Waals surface area contributed by atoms with E-state index in [4.69, 9.17) is 11.0 Å². The molecule has 8 nitrogen and oxygen atoms in total. The van der Waals surface area contributed by atoms with Gasteiger partial charge in [0.15, 0.2) is 5.78 Å². The van der Waals surface area contributed by atoms with Gasteiger partial charge in [0.2, 0.25) is 0 Å². The van der Waals surface area contributed by atoms with Crippen LogP contribution in [0, 0.1) is 11.3 Å². The van der Waals surface area contributed by atoms with Crippen LogP contribution in [0.1, 0.15) is 26.7 Å². The number of nitrogens with two attached hydrogens (primary N) is 1. The highest BCUT2D eigenvalue weighted by Gasteiger charge is 2.44. The quantitative estimate of drug-likeness (QED) is 0.315. The van der Waals surface area contributed by atoms with E-state index in [0.29, 0.717) is 11.3 Å². The molecule has 0 atom stereocenters. The van der Waals surface area contributed by atoms with Crippen LogP contribution in [0.2, 0.25) is 0 Å². The maximum absolute atomic E-state index is 12.0. The number of amides is 4. The van der Waals surface area contributed by atoms with Crippen molar-refractivity contribution in [3.63, 3.8) is 0 Å². The number of allylic oxidation sites excluding steroid dienone is 1. The first-order valence-electron chi connectivity index (χ1n) is 6.42. The Bertz CT molecular complexity index is 569. The lowest BCUT2D eigenvalue weighted by Gasteiger charge is -2.14. The van der Waals surface area contributed by atoms with Crippen LogP contribution < -0.4 is 5.73 Å². The van der Waals surface area contributed by atoms with Gasteiger partial charge in [0.25, 0.3) is 0 Å². The van der Waals surface area contributed by atoms with Crippen LogP contribution in [0.15, 0.2) is 11.3 Å². The molecule has 0 aromatic heterocycles. The van der Waals surface area contributed by atoms with Crippen molar-refractivity contribution in [3.8, 4) is 6.07 Å². The first kappa shape index (κ1) is 16.4. The van der Waals surface area contributed by atoms with Crippen LogP contribution in [-0.2, 0) is 14.4 Å². The number of hydrogen-bond acceptors (Lipinski definition) is 6. The minimum atomic E-state index is -1.06. The second-order valence-electron chi connectivity index (χ2n) is 4.58. The van der Waals surface area contributed by atoms with Crippen molar-refractivity contribution in [1.29, 1.82) is 5.26 Å². The van der Waals surface area contributed by atoms with Crippen molar-refractivity contribution in [2.24, 2.45) is 5.73 Å². The molecule has 1 saturated heterocycles. The van der Waals surface area contributed by atoms with Crippen LogP contribution in [0.25, 0.3) is 0 Å². The van der Waals surface area contributed by atoms with Crippen molar-refractivity contribution in [1.82, 2.24) is 9.80 Å². The highest BCUT2D eigenvalue weighted by molar-refractivity contribution is 6.45. The molecule has 0 bridgehead atoms. The molecule has 1 heterocycles. The number of unbranched alkanes of at least 4 members (excludes halogenated alkanes) is 1. The smallest absolute Gasteiger partial charge is 0.334 e. The van der Waals surface area contributed by atoms with Crippen molar-refractivity contribution in [2.45, 2.75) is 26.7 Å². The molecule has 0 unspecified atom stereocenters. The third-order valence-corrected chi connectivity index (χ3v) is 2.96. The monoisotopic (exact) mass is 292 g/mol. The molecule has 1 aliphatic rings. The Labute approximate surface area is 121 Å². The first-order chi connectivity index (χ1) is 9.84. The van der Waals surface area contributed by atoms with Gasteiger partial charge in [0.1, 0.15) is 11.6 Å². The van der Waals surface area contributed by atoms with Gasteiger partial charge in [-0.2, -0.15) is 5.26 Å². The maximum atomic E-state index is 12.0. The van der Waals surface area contributed by atoms with Gasteiger partial charge >= 0.3 is 17.8 Å². The zero-order chi connectivity index (χ0) is 16.2. The molecule has 0 radical (unpaired) electrons. The Balaban J connectivity index is 2.91. The van der Waals surface area contributed by atoms with Crippen LogP contribution in [0.4, 0.5) is 4.79 Å². The van der Waals surface area contributed by atoms with Crippen LogP contribution >= 0.6 is 0 Å². The molecule has 0 aromatic rings. The normalized spacial score (nSPS) is 16.1. The molecule has 2 N–H and O–H groups in total. The lowest BCUT2D eigenvalue weighted by atomic mass is 10.1. The van der Waals surface area contributed by atoms with Crippen molar-refractivity contribution in [3.05, 3.63) is 11.3 Å². The minimum absolute atomic E-state index is 0.00393. The van der Waals surface area contributed by atoms with Gasteiger partial charge in [0, 0.05) is 12.2 Å². The third kappa shape index (κ3) is 3.25. The average Bonchev–Trinajstić information content (AvgIpc) is 2.61. The Morgan fingerprint density at radius 2 is 1.81 bits per heavy atom. The Hall–Kier alpha value is -2.69. The summed E-state index contributed by atoms with van der Waals surface area (Å²) in [4.78, 5) is 48.6. The van der Waals surface area contributed by atoms with E-state index >= 15 is 0 Å². The fourth-order valence-electron chi connectivity index (χ4n) is 1.80. The highest BCUT2D eigenvalue weighted by Crippen LogP contribution is 2.14. The number of urea groups is 1. The summed E-state index contributed by atoms with van der Waals surface area (Å²) < 4.78 is 0. The molecule has 4 amide bonds. The predicted molar refractivity (Wildman–Crippen MR) is 71.2 cm³/mol. The van der Waals surface area contributed by atoms with Gasteiger partial charge in [-0.05, 0) is 13.3 Å². The summed E-state index contributed by atoms with van der Waals surface area (Å²) in [5.74, 6) is -2.78. The fraction of sp³-hybridized carbons (Fsp3) is 0.462. The number of carbonyl (C=O) groups is 4. The van der Waals surface area contributed by atoms with Gasteiger partial charge in [-0.1, -0.05) is 13.3 Å². The number of hydrogen-bond donors (Lipinski definition) is 1. The second-order valence-corrected chi connectivity index (χ2v) is 4.58. The van der Waals surface area contributed by atoms with Gasteiger partial charge in [-0.25, -0.2) is 9.69 Å². The summed E-state index contributed by atoms with van der Waals surface area (Å²) >= 11 is 0. The van der Waals surface area contributed by atoms with Gasteiger partial charge in [-0.15, -0.1) is 0 Å². The highest BCUT2D eigenvalue weighted by atomic mass is 16.2. The Kier molecular flexibility index (Phi) is 5.18. The molecule has 0 aliphatic carbocycles. The van der Waals surface area contributed by atoms with Gasteiger partial charge in [-0.3, -0.25) is 19.3 Å². The summed E-state index contributed by atoms with van der Waals surface area (Å²) in [7, 11) is 0. The van der Waals surface area contributed by atoms with Gasteiger partial charge < -0.3 is 5.73 Å². The number of nitrogens with zero attached hydrogens (tertiary/aromatic N) is 3. The standard InChI is InChI=1S/C13H16N4O4/c1-3-4-5-16-11(19)12(20)17(13(16)21)7-10(18)9(6-14)8(2)15/h3-5,7,15H2,1-2H3/b9-8-. The van der Waals surface area contributed by atoms with E-state index in [1.165, 1.54) is 6.92 Å². The molecule has 1 rings (SSSR count). The van der Waals surface area contributed by atoms with Gasteiger partial charge in [0.05, 0.1) is 6.54 Å². The van der Waals surface area contributed by atoms with Crippen LogP contribution in [0.5, 0.6) is 0 Å². The lowest BCUT2D eigenvalue weighted by Crippen LogP contribution is -2.37. The molecule has 21 heavy (non-hydrogen) atoms. The zero-order valence-corrected chi connectivity index (χ0v) is 11.9. The molecular formula is C13H16N4O4. The molecule has 1 aliphatic heterocycles. The third-order valence-electron chi connectivity index (χ3n) is 2.96. The summed E-state index contributed by atoms with van der Waals surface area (Å²) in [6, 6.07) is 0.784. The molecule has 0 spiro atoms. The molecule has 1 fully saturated rings. The maximum Gasteiger partial charge on any atom is 0.334 e. The molecule has 0 saturated carbocycles. The van der Waals surface area contributed by atoms with E-state index in [1.54, 1.807) is 6.07 Å². The Morgan fingerprint density at radius 1 is 1.24 bits per heavy atom. The molecule has 0 aromatic carbocycles. The predicted octanol–water partition coefficient (Wildman–Crippen LogP) is -0.0973. The average molecular weight is 292 g/mol. The fourth-order valence-corrected chi connectivity index (χ4v) is 1.80. The molecular weight excluding hydrogens is 276 g/mol. The Morgan fingerprint density at radius 3 is 2.29 bits per heavy atom. The number of imide groups is 2. The van der Waals surface area contributed by atoms with E-state index in [9.17, 15) is 19.2 Å². The number of nitriles is 1. The number of carbonyl (C=O) groups excluding carboxylic acids is 4. The van der Waals surface area contributed by atoms with E-state index < -0.39 is 30.2 Å². The largest absolute Gasteiger partial charge is 0.401 e. The second kappa shape index (κ2) is 6.65. The van der Waals surface area contributed by atoms with E-state index in [-0.39, 0.29) is 17.8 Å². The number of rotatable bonds is 6. The lowest BCUT2D eigenvalue weighted by molar-refractivity contribution is -0.143. The summed E-state index contributed by atoms with van der Waals surface area (Å²) in [5, 5.41) is 8.82. The minimum Gasteiger partial charge on any atom is -0.401 e. The van der Waals surface area contributed by atoms with E-state index in [2.05, 4.69) is 0 Å². The topological polar surface area (TPSA) is 125 Å². The van der Waals surface area contributed by atoms with Crippen molar-refractivity contribution in [2.75, 3.05) is 13.1 Å². The summed E-state index contributed by atoms with van der Waals surface area (Å²) in [6.07, 6.45) is 1.32. The molecule has 112 valence electrons. The summed E-state index contributed by atoms with van der Waals surface area (Å²) in [6.45, 7) is 2.70.